The van der Waals surface area contributed by atoms with Crippen LogP contribution in [0, 0.1) is 0 Å². The highest BCUT2D eigenvalue weighted by atomic mass is 15.2. The van der Waals surface area contributed by atoms with Gasteiger partial charge in [-0.15, -0.1) is 0 Å². The van der Waals surface area contributed by atoms with Crippen LogP contribution in [-0.4, -0.2) is 29.9 Å². The molecule has 18 rings (SSSR count). The van der Waals surface area contributed by atoms with Gasteiger partial charge in [-0.25, -0.2) is 19.9 Å². The van der Waals surface area contributed by atoms with Crippen LogP contribution < -0.4 is 9.80 Å². The van der Waals surface area contributed by atoms with Crippen molar-refractivity contribution in [1.82, 2.24) is 29.9 Å². The van der Waals surface area contributed by atoms with Gasteiger partial charge in [-0.2, -0.15) is 0 Å². The number of rotatable bonds is 12. The summed E-state index contributed by atoms with van der Waals surface area (Å²) < 4.78 is 0. The van der Waals surface area contributed by atoms with Gasteiger partial charge in [-0.3, -0.25) is 9.97 Å². The molecule has 6 heterocycles. The Bertz CT molecular complexity index is 4800. The fraction of sp³-hybridized carbons (Fsp3) is 0.188. The van der Waals surface area contributed by atoms with Crippen LogP contribution in [0.2, 0.25) is 0 Å². The van der Waals surface area contributed by atoms with Gasteiger partial charge in [0.05, 0.1) is 34.1 Å². The maximum Gasteiger partial charge on any atom is 0.164 e. The topological polar surface area (TPSA) is 83.8 Å². The molecule has 0 radical (unpaired) electrons. The predicted molar refractivity (Wildman–Crippen MR) is 427 cm³/mol. The summed E-state index contributed by atoms with van der Waals surface area (Å²) >= 11 is 0. The second-order valence-corrected chi connectivity index (χ2v) is 29.7. The van der Waals surface area contributed by atoms with Crippen LogP contribution in [0.1, 0.15) is 136 Å². The van der Waals surface area contributed by atoms with Gasteiger partial charge in [-0.05, 0) is 166 Å². The Kier molecular flexibility index (Phi) is 17.4. The van der Waals surface area contributed by atoms with Gasteiger partial charge in [0.1, 0.15) is 0 Å². The zero-order valence-corrected chi connectivity index (χ0v) is 59.7. The van der Waals surface area contributed by atoms with Gasteiger partial charge < -0.3 is 9.80 Å². The molecule has 0 N–H and O–H groups in total. The van der Waals surface area contributed by atoms with E-state index in [1.54, 1.807) is 24.8 Å². The molecule has 0 bridgehead atoms. The third-order valence-corrected chi connectivity index (χ3v) is 23.0. The molecule has 2 fully saturated rings. The monoisotopic (exact) mass is 1350 g/mol. The summed E-state index contributed by atoms with van der Waals surface area (Å²) in [5.41, 5.74) is 27.6. The van der Waals surface area contributed by atoms with Crippen molar-refractivity contribution < 1.29 is 0 Å². The minimum Gasteiger partial charge on any atom is -0.310 e. The zero-order chi connectivity index (χ0) is 70.2. The van der Waals surface area contributed by atoms with E-state index in [0.29, 0.717) is 17.5 Å². The van der Waals surface area contributed by atoms with Crippen molar-refractivity contribution >= 4 is 34.1 Å². The summed E-state index contributed by atoms with van der Waals surface area (Å²) in [4.78, 5) is 33.1. The Morgan fingerprint density at radius 3 is 0.875 bits per heavy atom. The lowest BCUT2D eigenvalue weighted by Gasteiger charge is -2.42. The lowest BCUT2D eigenvalue weighted by Crippen LogP contribution is -2.31. The molecule has 10 aromatic carbocycles. The SMILES string of the molecule is CC1(C)c2ccccc2N(c2ccc(C3(c4ccc(-c5cc(-c6ccccc6)nc(-c6ccccc6)c5)cc4)CCCCC3)cc2)c2ccccc21.CC1(C)c2ccccc2N(c2ccc(C3(c4ccc(-c5nc(-c6ccncc6)nc(-c6ccncc6)n5)cc4)CCCCC3)cc2)c2ccccc21. The van der Waals surface area contributed by atoms with Crippen LogP contribution >= 0.6 is 0 Å². The standard InChI is InChI=1S/C50H44N2.C46H40N6/c1-49(2)43-20-10-12-22-47(43)52(48-23-13-11-21-44(48)49)42-30-28-41(29-31-42)50(32-14-5-15-33-50)40-26-24-36(25-27-40)39-34-45(37-16-6-3-7-17-37)51-46(35-39)38-18-8-4-9-19-38;1-45(2)38-10-4-6-12-40(38)52(41-13-7-5-11-39(41)45)37-20-18-36(19-21-37)46(26-8-3-9-27-46)35-16-14-32(15-17-35)42-49-43(33-22-28-47-29-23-33)51-44(50-42)34-24-30-48-31-25-34/h3-4,6-13,16-31,34-35H,5,14-15,32-33H2,1-2H3;4-7,10-25,28-31H,3,8-9,26-27H2,1-2H3. The lowest BCUT2D eigenvalue weighted by atomic mass is 9.65. The summed E-state index contributed by atoms with van der Waals surface area (Å²) in [6.45, 7) is 9.37. The van der Waals surface area contributed by atoms with E-state index in [2.05, 4.69) is 314 Å². The quantitative estimate of drug-likeness (QED) is 0.120. The third-order valence-electron chi connectivity index (χ3n) is 23.0. The summed E-state index contributed by atoms with van der Waals surface area (Å²) in [5, 5.41) is 0. The molecule has 508 valence electrons. The van der Waals surface area contributed by atoms with Crippen molar-refractivity contribution in [1.29, 1.82) is 0 Å². The Hall–Kier alpha value is -11.7. The third kappa shape index (κ3) is 12.1. The minimum absolute atomic E-state index is 0.00233. The molecular formula is C96H84N8. The average molecular weight is 1350 g/mol. The van der Waals surface area contributed by atoms with Gasteiger partial charge in [0.25, 0.3) is 0 Å². The number of hydrogen-bond acceptors (Lipinski definition) is 8. The van der Waals surface area contributed by atoms with Gasteiger partial charge >= 0.3 is 0 Å². The molecular weight excluding hydrogens is 1270 g/mol. The molecule has 0 saturated heterocycles. The first-order valence-electron chi connectivity index (χ1n) is 37.1. The highest BCUT2D eigenvalue weighted by molar-refractivity contribution is 5.88. The van der Waals surface area contributed by atoms with E-state index in [9.17, 15) is 0 Å². The fourth-order valence-electron chi connectivity index (χ4n) is 17.4. The van der Waals surface area contributed by atoms with Gasteiger partial charge in [0.15, 0.2) is 17.5 Å². The first kappa shape index (κ1) is 65.6. The second kappa shape index (κ2) is 27.6. The maximum atomic E-state index is 5.11. The number of anilines is 6. The predicted octanol–water partition coefficient (Wildman–Crippen LogP) is 24.5. The molecule has 8 heteroatoms. The van der Waals surface area contributed by atoms with Crippen LogP contribution in [0.4, 0.5) is 34.1 Å². The molecule has 2 aliphatic heterocycles. The first-order chi connectivity index (χ1) is 51.0. The largest absolute Gasteiger partial charge is 0.310 e. The molecule has 4 aliphatic rings. The highest BCUT2D eigenvalue weighted by Gasteiger charge is 2.41. The second-order valence-electron chi connectivity index (χ2n) is 29.7. The first-order valence-corrected chi connectivity index (χ1v) is 37.1. The van der Waals surface area contributed by atoms with E-state index < -0.39 is 0 Å². The normalized spacial score (nSPS) is 15.8. The van der Waals surface area contributed by atoms with E-state index in [1.165, 1.54) is 141 Å². The number of fused-ring (bicyclic) bond motifs is 4. The molecule has 0 spiro atoms. The Morgan fingerprint density at radius 2 is 0.538 bits per heavy atom. The number of benzene rings is 10. The highest BCUT2D eigenvalue weighted by Crippen LogP contribution is 2.55. The molecule has 0 atom stereocenters. The molecule has 0 amide bonds. The number of para-hydroxylation sites is 4. The lowest BCUT2D eigenvalue weighted by molar-refractivity contribution is 0.346. The summed E-state index contributed by atoms with van der Waals surface area (Å²) in [6.07, 6.45) is 19.1. The summed E-state index contributed by atoms with van der Waals surface area (Å²) in [6, 6.07) is 106. The van der Waals surface area contributed by atoms with Crippen molar-refractivity contribution in [2.45, 2.75) is 114 Å². The number of pyridine rings is 3. The van der Waals surface area contributed by atoms with Crippen molar-refractivity contribution in [3.8, 4) is 67.8 Å². The van der Waals surface area contributed by atoms with Crippen molar-refractivity contribution in [3.05, 3.63) is 360 Å². The number of nitrogens with zero attached hydrogens (tertiary/aromatic N) is 8. The summed E-state index contributed by atoms with van der Waals surface area (Å²) in [5.74, 6) is 1.89. The van der Waals surface area contributed by atoms with Gasteiger partial charge in [-0.1, -0.05) is 272 Å². The number of hydrogen-bond donors (Lipinski definition) is 0. The molecule has 2 saturated carbocycles. The molecule has 104 heavy (non-hydrogen) atoms. The van der Waals surface area contributed by atoms with Gasteiger partial charge in [0, 0.05) is 85.6 Å². The van der Waals surface area contributed by atoms with Crippen LogP contribution in [-0.2, 0) is 21.7 Å². The van der Waals surface area contributed by atoms with E-state index in [1.807, 2.05) is 24.3 Å². The smallest absolute Gasteiger partial charge is 0.164 e. The van der Waals surface area contributed by atoms with Crippen LogP contribution in [0.3, 0.4) is 0 Å². The van der Waals surface area contributed by atoms with E-state index in [0.717, 1.165) is 52.0 Å². The molecule has 8 nitrogen and oxygen atoms in total. The van der Waals surface area contributed by atoms with E-state index in [-0.39, 0.29) is 21.7 Å². The molecule has 2 aliphatic carbocycles. The summed E-state index contributed by atoms with van der Waals surface area (Å²) in [7, 11) is 0. The number of aromatic nitrogens is 6. The average Bonchev–Trinajstić information content (AvgIpc) is 0.729. The van der Waals surface area contributed by atoms with Crippen LogP contribution in [0.15, 0.2) is 316 Å². The van der Waals surface area contributed by atoms with E-state index >= 15 is 0 Å². The van der Waals surface area contributed by atoms with Crippen molar-refractivity contribution in [2.24, 2.45) is 0 Å². The Labute approximate surface area is 612 Å². The molecule has 0 unspecified atom stereocenters. The zero-order valence-electron chi connectivity index (χ0n) is 59.7. The van der Waals surface area contributed by atoms with E-state index in [4.69, 9.17) is 19.9 Å². The van der Waals surface area contributed by atoms with Crippen molar-refractivity contribution in [3.63, 3.8) is 0 Å². The van der Waals surface area contributed by atoms with Crippen LogP contribution in [0.25, 0.3) is 67.8 Å². The minimum atomic E-state index is -0.0789. The maximum absolute atomic E-state index is 5.11. The van der Waals surface area contributed by atoms with Crippen molar-refractivity contribution in [2.75, 3.05) is 9.80 Å². The molecule has 4 aromatic heterocycles. The molecule has 14 aromatic rings. The fourth-order valence-corrected chi connectivity index (χ4v) is 17.4. The van der Waals surface area contributed by atoms with Crippen LogP contribution in [0.5, 0.6) is 0 Å². The Balaban J connectivity index is 0.000000154. The van der Waals surface area contributed by atoms with Gasteiger partial charge in [0.2, 0.25) is 0 Å². The Morgan fingerprint density at radius 1 is 0.250 bits per heavy atom.